The fourth-order valence-electron chi connectivity index (χ4n) is 0.113. The zero-order valence-corrected chi connectivity index (χ0v) is 5.31. The Hall–Kier alpha value is -0.0000000000000000278. The summed E-state index contributed by atoms with van der Waals surface area (Å²) >= 11 is 5.61. The molecule has 42 valence electrons. The van der Waals surface area contributed by atoms with Gasteiger partial charge in [-0.05, 0) is 12.2 Å². The molecular formula is C2H7N3S2. The monoisotopic (exact) mass is 137 g/mol. The molecule has 0 spiro atoms. The van der Waals surface area contributed by atoms with Crippen molar-refractivity contribution in [1.29, 1.82) is 0 Å². The van der Waals surface area contributed by atoms with Crippen molar-refractivity contribution in [3.63, 3.8) is 0 Å². The number of nitrogens with one attached hydrogen (secondary N) is 1. The molecule has 0 rings (SSSR count). The fourth-order valence-corrected chi connectivity index (χ4v) is 0.515. The van der Waals surface area contributed by atoms with Crippen LogP contribution in [0.1, 0.15) is 0 Å². The Balaban J connectivity index is 2.82. The molecule has 5 heteroatoms. The van der Waals surface area contributed by atoms with Crippen LogP contribution in [0.3, 0.4) is 0 Å². The molecule has 0 aromatic heterocycles. The van der Waals surface area contributed by atoms with Gasteiger partial charge in [-0.2, -0.15) is 0 Å². The summed E-state index contributed by atoms with van der Waals surface area (Å²) in [6, 6.07) is 0. The molecule has 5 N–H and O–H groups in total. The van der Waals surface area contributed by atoms with Gasteiger partial charge in [0.05, 0.1) is 5.88 Å². The van der Waals surface area contributed by atoms with E-state index in [1.165, 1.54) is 0 Å². The second-order valence-corrected chi connectivity index (χ2v) is 1.91. The van der Waals surface area contributed by atoms with Gasteiger partial charge in [0.2, 0.25) is 0 Å². The van der Waals surface area contributed by atoms with Crippen LogP contribution in [-0.2, 0) is 0 Å². The molecule has 0 fully saturated rings. The number of nitrogens with two attached hydrogens (primary N) is 2. The summed E-state index contributed by atoms with van der Waals surface area (Å²) in [5.74, 6) is 0.579. The first kappa shape index (κ1) is 7.00. The molecule has 7 heavy (non-hydrogen) atoms. The molecule has 0 bridgehead atoms. The van der Waals surface area contributed by atoms with Crippen molar-refractivity contribution < 1.29 is 0 Å². The number of rotatable bonds is 2. The second-order valence-electron chi connectivity index (χ2n) is 0.852. The van der Waals surface area contributed by atoms with E-state index in [-0.39, 0.29) is 5.11 Å². The molecule has 0 aromatic carbocycles. The van der Waals surface area contributed by atoms with Gasteiger partial charge in [-0.15, -0.1) is 0 Å². The van der Waals surface area contributed by atoms with Crippen LogP contribution in [0.5, 0.6) is 0 Å². The maximum Gasteiger partial charge on any atom is 0.164 e. The lowest BCUT2D eigenvalue weighted by molar-refractivity contribution is 1.13. The van der Waals surface area contributed by atoms with Crippen LogP contribution in [0.15, 0.2) is 0 Å². The van der Waals surface area contributed by atoms with Gasteiger partial charge < -0.3 is 11.1 Å². The summed E-state index contributed by atoms with van der Waals surface area (Å²) in [7, 11) is 0. The number of thiocarbonyl (C=S) groups is 1. The Morgan fingerprint density at radius 3 is 2.57 bits per heavy atom. The van der Waals surface area contributed by atoms with Gasteiger partial charge in [0, 0.05) is 0 Å². The molecule has 0 aromatic rings. The van der Waals surface area contributed by atoms with Gasteiger partial charge >= 0.3 is 0 Å². The molecular weight excluding hydrogens is 130 g/mol. The third kappa shape index (κ3) is 6.00. The van der Waals surface area contributed by atoms with E-state index < -0.39 is 0 Å². The van der Waals surface area contributed by atoms with Crippen LogP contribution in [0.2, 0.25) is 0 Å². The normalized spacial score (nSPS) is 8.14. The maximum atomic E-state index is 5.03. The Bertz CT molecular complexity index is 64.0. The van der Waals surface area contributed by atoms with Crippen molar-refractivity contribution in [2.75, 3.05) is 5.88 Å². The average molecular weight is 137 g/mol. The zero-order valence-electron chi connectivity index (χ0n) is 3.68. The summed E-state index contributed by atoms with van der Waals surface area (Å²) in [5, 5.41) is 7.95. The highest BCUT2D eigenvalue weighted by molar-refractivity contribution is 7.97. The van der Waals surface area contributed by atoms with Crippen LogP contribution in [-0.4, -0.2) is 11.0 Å². The molecule has 0 heterocycles. The van der Waals surface area contributed by atoms with E-state index in [1.807, 2.05) is 0 Å². The van der Waals surface area contributed by atoms with Gasteiger partial charge in [0.15, 0.2) is 5.11 Å². The van der Waals surface area contributed by atoms with Crippen LogP contribution >= 0.6 is 24.2 Å². The van der Waals surface area contributed by atoms with Crippen molar-refractivity contribution in [2.45, 2.75) is 0 Å². The third-order valence-corrected chi connectivity index (χ3v) is 0.785. The largest absolute Gasteiger partial charge is 0.376 e. The highest BCUT2D eigenvalue weighted by Gasteiger charge is 1.79. The molecule has 3 nitrogen and oxygen atoms in total. The van der Waals surface area contributed by atoms with Gasteiger partial charge in [0.25, 0.3) is 0 Å². The van der Waals surface area contributed by atoms with E-state index in [1.54, 1.807) is 0 Å². The van der Waals surface area contributed by atoms with Crippen molar-refractivity contribution in [2.24, 2.45) is 10.9 Å². The summed E-state index contributed by atoms with van der Waals surface area (Å²) in [5.41, 5.74) is 5.03. The third-order valence-electron chi connectivity index (χ3n) is 0.330. The van der Waals surface area contributed by atoms with Crippen molar-refractivity contribution in [3.8, 4) is 0 Å². The molecule has 0 unspecified atom stereocenters. The molecule has 0 amide bonds. The van der Waals surface area contributed by atoms with Gasteiger partial charge in [-0.25, -0.2) is 0 Å². The summed E-state index contributed by atoms with van der Waals surface area (Å²) in [6.07, 6.45) is 0. The summed E-state index contributed by atoms with van der Waals surface area (Å²) in [6.45, 7) is 0. The Morgan fingerprint density at radius 1 is 1.86 bits per heavy atom. The average Bonchev–Trinajstić information content (AvgIpc) is 1.61. The minimum atomic E-state index is 0.290. The Labute approximate surface area is 52.0 Å². The van der Waals surface area contributed by atoms with Crippen molar-refractivity contribution in [1.82, 2.24) is 5.32 Å². The van der Waals surface area contributed by atoms with E-state index in [2.05, 4.69) is 17.5 Å². The van der Waals surface area contributed by atoms with Crippen molar-refractivity contribution in [3.05, 3.63) is 0 Å². The highest BCUT2D eigenvalue weighted by atomic mass is 32.2. The lowest BCUT2D eigenvalue weighted by Crippen LogP contribution is -2.28. The molecule has 0 aliphatic rings. The van der Waals surface area contributed by atoms with Crippen LogP contribution in [0, 0.1) is 0 Å². The molecule has 0 aliphatic carbocycles. The molecule has 0 aliphatic heterocycles. The topological polar surface area (TPSA) is 64.1 Å². The van der Waals surface area contributed by atoms with E-state index in [9.17, 15) is 0 Å². The first-order valence-electron chi connectivity index (χ1n) is 1.62. The SMILES string of the molecule is NSCNC(N)=S. The lowest BCUT2D eigenvalue weighted by atomic mass is 11.1. The van der Waals surface area contributed by atoms with Crippen LogP contribution in [0.25, 0.3) is 0 Å². The predicted molar refractivity (Wildman–Crippen MR) is 36.6 cm³/mol. The zero-order chi connectivity index (χ0) is 5.70. The Morgan fingerprint density at radius 2 is 2.43 bits per heavy atom. The van der Waals surface area contributed by atoms with E-state index in [4.69, 9.17) is 10.9 Å². The number of hydrogen-bond donors (Lipinski definition) is 3. The first-order valence-corrected chi connectivity index (χ1v) is 3.08. The standard InChI is InChI=1S/C2H7N3S2/c3-2(6)5-1-7-4/h1,4H2,(H3,3,5,6). The Kier molecular flexibility index (Phi) is 4.17. The summed E-state index contributed by atoms with van der Waals surface area (Å²) < 4.78 is 0. The fraction of sp³-hybridized carbons (Fsp3) is 0.500. The summed E-state index contributed by atoms with van der Waals surface area (Å²) in [4.78, 5) is 0. The quantitative estimate of drug-likeness (QED) is 0.269. The lowest BCUT2D eigenvalue weighted by Gasteiger charge is -1.96. The van der Waals surface area contributed by atoms with E-state index >= 15 is 0 Å². The highest BCUT2D eigenvalue weighted by Crippen LogP contribution is 1.75. The predicted octanol–water partition coefficient (Wildman–Crippen LogP) is -0.616. The first-order chi connectivity index (χ1) is 3.27. The molecule has 0 saturated heterocycles. The van der Waals surface area contributed by atoms with Gasteiger partial charge in [-0.3, -0.25) is 5.14 Å². The van der Waals surface area contributed by atoms with E-state index in [0.717, 1.165) is 11.9 Å². The molecule has 0 saturated carbocycles. The smallest absolute Gasteiger partial charge is 0.164 e. The van der Waals surface area contributed by atoms with Crippen LogP contribution in [0.4, 0.5) is 0 Å². The minimum absolute atomic E-state index is 0.290. The van der Waals surface area contributed by atoms with Crippen LogP contribution < -0.4 is 16.2 Å². The second kappa shape index (κ2) is 4.17. The number of hydrogen-bond acceptors (Lipinski definition) is 3. The molecule has 0 radical (unpaired) electrons. The maximum absolute atomic E-state index is 5.03. The van der Waals surface area contributed by atoms with Gasteiger partial charge in [-0.1, -0.05) is 11.9 Å². The van der Waals surface area contributed by atoms with E-state index in [0.29, 0.717) is 5.88 Å². The molecule has 0 atom stereocenters. The van der Waals surface area contributed by atoms with Crippen molar-refractivity contribution >= 4 is 29.3 Å². The van der Waals surface area contributed by atoms with Gasteiger partial charge in [0.1, 0.15) is 0 Å². The minimum Gasteiger partial charge on any atom is -0.376 e.